The predicted octanol–water partition coefficient (Wildman–Crippen LogP) is -0.512. The molecule has 14 heavy (non-hydrogen) atoms. The highest BCUT2D eigenvalue weighted by Gasteiger charge is 2.13. The first kappa shape index (κ1) is 11.0. The molecule has 0 aliphatic carbocycles. The molecule has 0 spiro atoms. The maximum Gasteiger partial charge on any atom is 0.488 e. The van der Waals surface area contributed by atoms with Crippen LogP contribution in [-0.2, 0) is 4.74 Å². The van der Waals surface area contributed by atoms with E-state index >= 15 is 0 Å². The Bertz CT molecular complexity index is 305. The van der Waals surface area contributed by atoms with E-state index in [4.69, 9.17) is 14.8 Å². The van der Waals surface area contributed by atoms with Gasteiger partial charge in [0.1, 0.15) is 0 Å². The molecule has 0 aliphatic heterocycles. The average molecular weight is 200 g/mol. The highest BCUT2D eigenvalue weighted by Crippen LogP contribution is 2.14. The quantitative estimate of drug-likeness (QED) is 0.507. The molecular weight excluding hydrogens is 190 g/mol. The van der Waals surface area contributed by atoms with Gasteiger partial charge in [-0.25, -0.2) is 4.39 Å². The second-order valence-corrected chi connectivity index (χ2v) is 2.61. The van der Waals surface area contributed by atoms with Crippen molar-refractivity contribution >= 4 is 12.6 Å². The third kappa shape index (κ3) is 2.70. The van der Waals surface area contributed by atoms with Crippen LogP contribution >= 0.6 is 0 Å². The van der Waals surface area contributed by atoms with Gasteiger partial charge in [0.05, 0.1) is 0 Å². The fourth-order valence-corrected chi connectivity index (χ4v) is 0.917. The Balaban J connectivity index is 2.79. The van der Waals surface area contributed by atoms with E-state index in [1.807, 2.05) is 0 Å². The lowest BCUT2D eigenvalue weighted by molar-refractivity contribution is 0.0483. The predicted molar refractivity (Wildman–Crippen MR) is 48.7 cm³/mol. The Kier molecular flexibility index (Phi) is 3.88. The van der Waals surface area contributed by atoms with Gasteiger partial charge in [0.25, 0.3) is 0 Å². The van der Waals surface area contributed by atoms with E-state index in [0.717, 1.165) is 6.07 Å². The standard InChI is InChI=1S/C8H10BFO4/c1-13-5-14-8-3-2-6(9(11)12)4-7(8)10/h2-4,11-12H,5H2,1H3. The first-order chi connectivity index (χ1) is 6.65. The molecule has 1 rings (SSSR count). The van der Waals surface area contributed by atoms with Gasteiger partial charge in [-0.05, 0) is 17.6 Å². The van der Waals surface area contributed by atoms with Crippen molar-refractivity contribution in [3.63, 3.8) is 0 Å². The number of ether oxygens (including phenoxy) is 2. The molecule has 0 saturated heterocycles. The van der Waals surface area contributed by atoms with Gasteiger partial charge in [0, 0.05) is 7.11 Å². The average Bonchev–Trinajstić information content (AvgIpc) is 2.15. The van der Waals surface area contributed by atoms with E-state index in [1.165, 1.54) is 19.2 Å². The van der Waals surface area contributed by atoms with Crippen LogP contribution in [0.1, 0.15) is 0 Å². The zero-order valence-electron chi connectivity index (χ0n) is 7.61. The van der Waals surface area contributed by atoms with Gasteiger partial charge in [-0.1, -0.05) is 6.07 Å². The van der Waals surface area contributed by atoms with Gasteiger partial charge in [-0.2, -0.15) is 0 Å². The van der Waals surface area contributed by atoms with Crippen LogP contribution in [0.15, 0.2) is 18.2 Å². The number of hydrogen-bond acceptors (Lipinski definition) is 4. The van der Waals surface area contributed by atoms with Crippen LogP contribution in [0.3, 0.4) is 0 Å². The second-order valence-electron chi connectivity index (χ2n) is 2.61. The summed E-state index contributed by atoms with van der Waals surface area (Å²) in [6.45, 7) is -0.0576. The molecule has 0 radical (unpaired) electrons. The molecule has 0 aliphatic rings. The summed E-state index contributed by atoms with van der Waals surface area (Å²) in [6, 6.07) is 3.66. The lowest BCUT2D eigenvalue weighted by Crippen LogP contribution is -2.30. The monoisotopic (exact) mass is 200 g/mol. The van der Waals surface area contributed by atoms with Gasteiger partial charge >= 0.3 is 7.12 Å². The second kappa shape index (κ2) is 4.95. The Morgan fingerprint density at radius 3 is 2.64 bits per heavy atom. The molecule has 0 amide bonds. The van der Waals surface area contributed by atoms with Gasteiger partial charge < -0.3 is 19.5 Å². The van der Waals surface area contributed by atoms with Crippen molar-refractivity contribution in [2.75, 3.05) is 13.9 Å². The highest BCUT2D eigenvalue weighted by molar-refractivity contribution is 6.58. The van der Waals surface area contributed by atoms with Crippen LogP contribution < -0.4 is 10.2 Å². The smallest absolute Gasteiger partial charge is 0.464 e. The molecular formula is C8H10BFO4. The fraction of sp³-hybridized carbons (Fsp3) is 0.250. The first-order valence-corrected chi connectivity index (χ1v) is 3.92. The van der Waals surface area contributed by atoms with E-state index in [0.29, 0.717) is 0 Å². The first-order valence-electron chi connectivity index (χ1n) is 3.92. The third-order valence-electron chi connectivity index (χ3n) is 1.59. The molecule has 0 saturated carbocycles. The molecule has 0 atom stereocenters. The minimum absolute atomic E-state index is 0.0104. The van der Waals surface area contributed by atoms with E-state index < -0.39 is 12.9 Å². The highest BCUT2D eigenvalue weighted by atomic mass is 19.1. The van der Waals surface area contributed by atoms with Crippen LogP contribution in [-0.4, -0.2) is 31.1 Å². The summed E-state index contributed by atoms with van der Waals surface area (Å²) in [4.78, 5) is 0. The molecule has 1 aromatic rings. The summed E-state index contributed by atoms with van der Waals surface area (Å²) >= 11 is 0. The van der Waals surface area contributed by atoms with Crippen molar-refractivity contribution < 1.29 is 23.9 Å². The van der Waals surface area contributed by atoms with Crippen molar-refractivity contribution in [1.82, 2.24) is 0 Å². The summed E-state index contributed by atoms with van der Waals surface area (Å²) in [5, 5.41) is 17.5. The van der Waals surface area contributed by atoms with Crippen molar-refractivity contribution in [1.29, 1.82) is 0 Å². The Morgan fingerprint density at radius 2 is 2.14 bits per heavy atom. The molecule has 76 valence electrons. The largest absolute Gasteiger partial charge is 0.488 e. The molecule has 4 nitrogen and oxygen atoms in total. The van der Waals surface area contributed by atoms with Gasteiger partial charge in [-0.3, -0.25) is 0 Å². The van der Waals surface area contributed by atoms with Crippen LogP contribution in [0.25, 0.3) is 0 Å². The minimum Gasteiger partial charge on any atom is -0.464 e. The van der Waals surface area contributed by atoms with Crippen LogP contribution in [0, 0.1) is 5.82 Å². The number of benzene rings is 1. The van der Waals surface area contributed by atoms with Crippen molar-refractivity contribution in [3.05, 3.63) is 24.0 Å². The third-order valence-corrected chi connectivity index (χ3v) is 1.59. The molecule has 0 aromatic heterocycles. The summed E-state index contributed by atoms with van der Waals surface area (Å²) in [6.07, 6.45) is 0. The molecule has 2 N–H and O–H groups in total. The lowest BCUT2D eigenvalue weighted by Gasteiger charge is -2.06. The maximum absolute atomic E-state index is 13.1. The molecule has 1 aromatic carbocycles. The molecule has 0 bridgehead atoms. The van der Waals surface area contributed by atoms with Crippen molar-refractivity contribution in [2.24, 2.45) is 0 Å². The number of hydrogen-bond donors (Lipinski definition) is 2. The van der Waals surface area contributed by atoms with Gasteiger partial charge in [0.2, 0.25) is 0 Å². The van der Waals surface area contributed by atoms with Crippen molar-refractivity contribution in [2.45, 2.75) is 0 Å². The molecule has 6 heteroatoms. The van der Waals surface area contributed by atoms with Crippen molar-refractivity contribution in [3.8, 4) is 5.75 Å². The number of halogens is 1. The van der Waals surface area contributed by atoms with Gasteiger partial charge in [0.15, 0.2) is 18.4 Å². The lowest BCUT2D eigenvalue weighted by atomic mass is 9.80. The molecule has 0 unspecified atom stereocenters. The Morgan fingerprint density at radius 1 is 1.43 bits per heavy atom. The Hall–Kier alpha value is -1.11. The molecule has 0 fully saturated rings. The van der Waals surface area contributed by atoms with Crippen LogP contribution in [0.2, 0.25) is 0 Å². The zero-order chi connectivity index (χ0) is 10.6. The van der Waals surface area contributed by atoms with Crippen LogP contribution in [0.4, 0.5) is 4.39 Å². The zero-order valence-corrected chi connectivity index (χ0v) is 7.61. The van der Waals surface area contributed by atoms with Crippen LogP contribution in [0.5, 0.6) is 5.75 Å². The summed E-state index contributed by atoms with van der Waals surface area (Å²) in [5.41, 5.74) is 0.0762. The number of methoxy groups -OCH3 is 1. The maximum atomic E-state index is 13.1. The summed E-state index contributed by atoms with van der Waals surface area (Å²) in [7, 11) is -0.259. The summed E-state index contributed by atoms with van der Waals surface area (Å²) in [5.74, 6) is -0.649. The minimum atomic E-state index is -1.68. The fourth-order valence-electron chi connectivity index (χ4n) is 0.917. The van der Waals surface area contributed by atoms with E-state index in [2.05, 4.69) is 4.74 Å². The van der Waals surface area contributed by atoms with E-state index in [-0.39, 0.29) is 18.0 Å². The van der Waals surface area contributed by atoms with E-state index in [9.17, 15) is 4.39 Å². The summed E-state index contributed by atoms with van der Waals surface area (Å²) < 4.78 is 22.6. The number of rotatable bonds is 4. The SMILES string of the molecule is COCOc1ccc(B(O)O)cc1F. The normalized spacial score (nSPS) is 10.0. The van der Waals surface area contributed by atoms with Gasteiger partial charge in [-0.15, -0.1) is 0 Å². The van der Waals surface area contributed by atoms with E-state index in [1.54, 1.807) is 0 Å². The molecule has 0 heterocycles. The Labute approximate surface area is 81.0 Å². The topological polar surface area (TPSA) is 58.9 Å².